The third kappa shape index (κ3) is 3.67. The van der Waals surface area contributed by atoms with Crippen LogP contribution in [0.2, 0.25) is 0 Å². The van der Waals surface area contributed by atoms with E-state index in [1.54, 1.807) is 0 Å². The second-order valence-electron chi connectivity index (χ2n) is 6.81. The van der Waals surface area contributed by atoms with Gasteiger partial charge in [-0.1, -0.05) is 20.8 Å². The summed E-state index contributed by atoms with van der Waals surface area (Å²) in [5.74, 6) is 0.646. The van der Waals surface area contributed by atoms with Gasteiger partial charge in [0.05, 0.1) is 6.61 Å². The fourth-order valence-corrected chi connectivity index (χ4v) is 2.89. The van der Waals surface area contributed by atoms with Gasteiger partial charge >= 0.3 is 0 Å². The first-order chi connectivity index (χ1) is 8.02. The van der Waals surface area contributed by atoms with Crippen LogP contribution in [-0.4, -0.2) is 48.3 Å². The summed E-state index contributed by atoms with van der Waals surface area (Å²) in [5.41, 5.74) is 0.306. The predicted molar refractivity (Wildman–Crippen MR) is 71.0 cm³/mol. The van der Waals surface area contributed by atoms with Crippen LogP contribution in [0.1, 0.15) is 40.0 Å². The van der Waals surface area contributed by atoms with Crippen molar-refractivity contribution in [2.24, 2.45) is 11.3 Å². The maximum Gasteiger partial charge on any atom is 0.0589 e. The number of aliphatic hydroxyl groups is 1. The topological polar surface area (TPSA) is 35.5 Å². The van der Waals surface area contributed by atoms with Gasteiger partial charge < -0.3 is 10.4 Å². The molecule has 0 spiro atoms. The second kappa shape index (κ2) is 5.25. The molecule has 1 heterocycles. The Morgan fingerprint density at radius 3 is 2.59 bits per heavy atom. The van der Waals surface area contributed by atoms with Crippen molar-refractivity contribution in [3.8, 4) is 0 Å². The van der Waals surface area contributed by atoms with E-state index in [4.69, 9.17) is 0 Å². The fraction of sp³-hybridized carbons (Fsp3) is 1.00. The molecule has 0 aromatic rings. The van der Waals surface area contributed by atoms with Crippen molar-refractivity contribution >= 4 is 0 Å². The SMILES string of the molecule is CC1CCN(CC(C)(C)CNC2CC2)C1CO. The maximum atomic E-state index is 9.47. The lowest BCUT2D eigenvalue weighted by atomic mass is 9.92. The Morgan fingerprint density at radius 1 is 1.29 bits per heavy atom. The Hall–Kier alpha value is -0.120. The third-order valence-electron chi connectivity index (χ3n) is 4.26. The van der Waals surface area contributed by atoms with Crippen LogP contribution in [0.25, 0.3) is 0 Å². The molecule has 0 aromatic heterocycles. The third-order valence-corrected chi connectivity index (χ3v) is 4.26. The standard InChI is InChI=1S/C14H28N2O/c1-11-6-7-16(13(11)8-17)10-14(2,3)9-15-12-4-5-12/h11-13,15,17H,4-10H2,1-3H3. The summed E-state index contributed by atoms with van der Waals surface area (Å²) < 4.78 is 0. The van der Waals surface area contributed by atoms with Gasteiger partial charge in [-0.3, -0.25) is 4.90 Å². The highest BCUT2D eigenvalue weighted by atomic mass is 16.3. The Balaban J connectivity index is 1.81. The van der Waals surface area contributed by atoms with Crippen LogP contribution < -0.4 is 5.32 Å². The van der Waals surface area contributed by atoms with Crippen LogP contribution in [0.3, 0.4) is 0 Å². The molecule has 0 amide bonds. The highest BCUT2D eigenvalue weighted by Crippen LogP contribution is 2.28. The maximum absolute atomic E-state index is 9.47. The lowest BCUT2D eigenvalue weighted by Gasteiger charge is -2.34. The van der Waals surface area contributed by atoms with Crippen molar-refractivity contribution in [1.82, 2.24) is 10.2 Å². The summed E-state index contributed by atoms with van der Waals surface area (Å²) in [4.78, 5) is 2.49. The van der Waals surface area contributed by atoms with Crippen LogP contribution in [0.15, 0.2) is 0 Å². The largest absolute Gasteiger partial charge is 0.395 e. The molecule has 1 saturated heterocycles. The van der Waals surface area contributed by atoms with Gasteiger partial charge in [-0.25, -0.2) is 0 Å². The van der Waals surface area contributed by atoms with Crippen molar-refractivity contribution in [3.05, 3.63) is 0 Å². The van der Waals surface area contributed by atoms with E-state index in [1.807, 2.05) is 0 Å². The zero-order chi connectivity index (χ0) is 12.5. The van der Waals surface area contributed by atoms with E-state index >= 15 is 0 Å². The molecule has 1 aliphatic heterocycles. The van der Waals surface area contributed by atoms with Crippen molar-refractivity contribution in [1.29, 1.82) is 0 Å². The molecule has 0 aromatic carbocycles. The van der Waals surface area contributed by atoms with Crippen LogP contribution in [0.4, 0.5) is 0 Å². The van der Waals surface area contributed by atoms with Gasteiger partial charge in [-0.15, -0.1) is 0 Å². The van der Waals surface area contributed by atoms with Gasteiger partial charge in [0, 0.05) is 25.2 Å². The predicted octanol–water partition coefficient (Wildman–Crippen LogP) is 1.47. The fourth-order valence-electron chi connectivity index (χ4n) is 2.89. The van der Waals surface area contributed by atoms with Crippen LogP contribution in [-0.2, 0) is 0 Å². The monoisotopic (exact) mass is 240 g/mol. The average molecular weight is 240 g/mol. The van der Waals surface area contributed by atoms with E-state index in [2.05, 4.69) is 31.0 Å². The number of likely N-dealkylation sites (tertiary alicyclic amines) is 1. The zero-order valence-corrected chi connectivity index (χ0v) is 11.6. The van der Waals surface area contributed by atoms with Gasteiger partial charge in [0.1, 0.15) is 0 Å². The summed E-state index contributed by atoms with van der Waals surface area (Å²) in [6.45, 7) is 10.6. The Kier molecular flexibility index (Phi) is 4.11. The first-order valence-corrected chi connectivity index (χ1v) is 7.10. The molecule has 2 atom stereocenters. The summed E-state index contributed by atoms with van der Waals surface area (Å²) in [7, 11) is 0. The molecule has 3 heteroatoms. The smallest absolute Gasteiger partial charge is 0.0589 e. The minimum absolute atomic E-state index is 0.306. The van der Waals surface area contributed by atoms with Gasteiger partial charge in [0.15, 0.2) is 0 Å². The number of aliphatic hydroxyl groups excluding tert-OH is 1. The molecular formula is C14H28N2O. The Labute approximate surface area is 106 Å². The molecular weight excluding hydrogens is 212 g/mol. The van der Waals surface area contributed by atoms with Crippen LogP contribution >= 0.6 is 0 Å². The minimum Gasteiger partial charge on any atom is -0.395 e. The zero-order valence-electron chi connectivity index (χ0n) is 11.6. The minimum atomic E-state index is 0.306. The van der Waals surface area contributed by atoms with E-state index < -0.39 is 0 Å². The molecule has 0 radical (unpaired) electrons. The van der Waals surface area contributed by atoms with E-state index in [0.29, 0.717) is 24.0 Å². The molecule has 2 fully saturated rings. The summed E-state index contributed by atoms with van der Waals surface area (Å²) in [6, 6.07) is 1.18. The van der Waals surface area contributed by atoms with Gasteiger partial charge in [-0.2, -0.15) is 0 Å². The van der Waals surface area contributed by atoms with Crippen molar-refractivity contribution < 1.29 is 5.11 Å². The Bertz CT molecular complexity index is 251. The molecule has 2 aliphatic rings. The average Bonchev–Trinajstić information content (AvgIpc) is 3.02. The van der Waals surface area contributed by atoms with Crippen molar-refractivity contribution in [2.75, 3.05) is 26.2 Å². The molecule has 1 saturated carbocycles. The molecule has 100 valence electrons. The number of hydrogen-bond acceptors (Lipinski definition) is 3. The normalized spacial score (nSPS) is 31.1. The molecule has 3 nitrogen and oxygen atoms in total. The first kappa shape index (κ1) is 13.3. The van der Waals surface area contributed by atoms with Crippen LogP contribution in [0, 0.1) is 11.3 Å². The molecule has 2 N–H and O–H groups in total. The molecule has 2 rings (SSSR count). The van der Waals surface area contributed by atoms with Crippen molar-refractivity contribution in [2.45, 2.75) is 52.1 Å². The number of rotatable bonds is 6. The van der Waals surface area contributed by atoms with Gasteiger partial charge in [-0.05, 0) is 37.1 Å². The lowest BCUT2D eigenvalue weighted by Crippen LogP contribution is -2.45. The number of hydrogen-bond donors (Lipinski definition) is 2. The molecule has 17 heavy (non-hydrogen) atoms. The highest BCUT2D eigenvalue weighted by molar-refractivity contribution is 4.90. The van der Waals surface area contributed by atoms with Crippen molar-refractivity contribution in [3.63, 3.8) is 0 Å². The van der Waals surface area contributed by atoms with E-state index in [-0.39, 0.29) is 0 Å². The second-order valence-corrected chi connectivity index (χ2v) is 6.81. The van der Waals surface area contributed by atoms with E-state index in [9.17, 15) is 5.11 Å². The van der Waals surface area contributed by atoms with E-state index in [0.717, 1.165) is 25.7 Å². The number of nitrogens with zero attached hydrogens (tertiary/aromatic N) is 1. The highest BCUT2D eigenvalue weighted by Gasteiger charge is 2.34. The Morgan fingerprint density at radius 2 is 2.00 bits per heavy atom. The molecule has 2 unspecified atom stereocenters. The van der Waals surface area contributed by atoms with Gasteiger partial charge in [0.2, 0.25) is 0 Å². The van der Waals surface area contributed by atoms with Crippen LogP contribution in [0.5, 0.6) is 0 Å². The lowest BCUT2D eigenvalue weighted by molar-refractivity contribution is 0.102. The molecule has 1 aliphatic carbocycles. The van der Waals surface area contributed by atoms with Gasteiger partial charge in [0.25, 0.3) is 0 Å². The summed E-state index contributed by atoms with van der Waals surface area (Å²) in [5, 5.41) is 13.1. The summed E-state index contributed by atoms with van der Waals surface area (Å²) >= 11 is 0. The number of nitrogens with one attached hydrogen (secondary N) is 1. The quantitative estimate of drug-likeness (QED) is 0.738. The molecule has 0 bridgehead atoms. The summed E-state index contributed by atoms with van der Waals surface area (Å²) in [6.07, 6.45) is 3.95. The van der Waals surface area contributed by atoms with E-state index in [1.165, 1.54) is 19.3 Å². The first-order valence-electron chi connectivity index (χ1n) is 7.10.